The van der Waals surface area contributed by atoms with Crippen molar-refractivity contribution in [3.05, 3.63) is 71.8 Å². The van der Waals surface area contributed by atoms with E-state index in [1.165, 1.54) is 0 Å². The van der Waals surface area contributed by atoms with Gasteiger partial charge in [-0.05, 0) is 0 Å². The van der Waals surface area contributed by atoms with Gasteiger partial charge in [-0.15, -0.1) is 0 Å². The first-order valence-electron chi connectivity index (χ1n) is 8.05. The molecule has 2 aromatic carbocycles. The maximum absolute atomic E-state index is 11.0. The van der Waals surface area contributed by atoms with Crippen molar-refractivity contribution in [2.45, 2.75) is 37.4 Å². The van der Waals surface area contributed by atoms with Crippen molar-refractivity contribution in [2.24, 2.45) is 0 Å². The molecule has 2 unspecified atom stereocenters. The second-order valence-electron chi connectivity index (χ2n) is 6.24. The molecule has 0 aliphatic heterocycles. The molecule has 2 nitrogen and oxygen atoms in total. The van der Waals surface area contributed by atoms with E-state index in [2.05, 4.69) is 11.9 Å². The standard InChI is InChI=1S/2C7H7O.C4H9.CH3.Sn/c2*8-6-7-4-2-1-3-5-7;1-3-4-2;;/h2*1-6,8H;1,3-4H2,2H3;1H3;. The molecule has 2 atom stereocenters. The zero-order valence-corrected chi connectivity index (χ0v) is 16.3. The van der Waals surface area contributed by atoms with Gasteiger partial charge in [-0.1, -0.05) is 0 Å². The summed E-state index contributed by atoms with van der Waals surface area (Å²) in [5.41, 5.74) is 1.90. The van der Waals surface area contributed by atoms with Gasteiger partial charge in [0.1, 0.15) is 0 Å². The van der Waals surface area contributed by atoms with Gasteiger partial charge in [0.25, 0.3) is 0 Å². The molecule has 0 spiro atoms. The van der Waals surface area contributed by atoms with E-state index in [0.717, 1.165) is 28.4 Å². The van der Waals surface area contributed by atoms with E-state index in [9.17, 15) is 10.2 Å². The van der Waals surface area contributed by atoms with Crippen LogP contribution in [-0.2, 0) is 0 Å². The molecular weight excluding hydrogens is 379 g/mol. The summed E-state index contributed by atoms with van der Waals surface area (Å²) in [6, 6.07) is 19.7. The number of rotatable bonds is 7. The molecule has 0 bridgehead atoms. The van der Waals surface area contributed by atoms with Crippen molar-refractivity contribution < 1.29 is 10.2 Å². The predicted molar refractivity (Wildman–Crippen MR) is 94.1 cm³/mol. The molecule has 0 aliphatic carbocycles. The van der Waals surface area contributed by atoms with E-state index in [0.29, 0.717) is 0 Å². The van der Waals surface area contributed by atoms with Crippen molar-refractivity contribution in [2.75, 3.05) is 0 Å². The van der Waals surface area contributed by atoms with Crippen molar-refractivity contribution in [3.8, 4) is 0 Å². The SMILES string of the molecule is CCC[CH2][Sn]([CH3])([CH](O)c1ccccc1)[CH](O)c1ccccc1. The van der Waals surface area contributed by atoms with Crippen LogP contribution in [0, 0.1) is 0 Å². The Morgan fingerprint density at radius 2 is 1.23 bits per heavy atom. The fourth-order valence-corrected chi connectivity index (χ4v) is 14.1. The zero-order valence-electron chi connectivity index (χ0n) is 13.4. The summed E-state index contributed by atoms with van der Waals surface area (Å²) in [7, 11) is 0. The Balaban J connectivity index is 2.34. The molecule has 2 rings (SSSR count). The Hall–Kier alpha value is -0.841. The average Bonchev–Trinajstić information content (AvgIpc) is 2.59. The summed E-state index contributed by atoms with van der Waals surface area (Å²) in [4.78, 5) is 2.19. The van der Waals surface area contributed by atoms with E-state index in [1.807, 2.05) is 60.7 Å². The van der Waals surface area contributed by atoms with Crippen LogP contribution < -0.4 is 0 Å². The van der Waals surface area contributed by atoms with Crippen LogP contribution in [0.5, 0.6) is 0 Å². The third kappa shape index (κ3) is 3.92. The number of hydrogen-bond donors (Lipinski definition) is 2. The maximum atomic E-state index is 11.0. The average molecular weight is 405 g/mol. The topological polar surface area (TPSA) is 40.5 Å². The Morgan fingerprint density at radius 1 is 0.818 bits per heavy atom. The first-order valence-corrected chi connectivity index (χ1v) is 16.2. The van der Waals surface area contributed by atoms with Gasteiger partial charge in [0.2, 0.25) is 0 Å². The summed E-state index contributed by atoms with van der Waals surface area (Å²) >= 11 is -3.24. The monoisotopic (exact) mass is 406 g/mol. The van der Waals surface area contributed by atoms with Gasteiger partial charge in [0.15, 0.2) is 0 Å². The number of benzene rings is 2. The molecule has 3 heteroatoms. The molecule has 0 aromatic heterocycles. The van der Waals surface area contributed by atoms with E-state index in [1.54, 1.807) is 0 Å². The molecule has 0 aliphatic rings. The normalized spacial score (nSPS) is 16.7. The minimum atomic E-state index is -3.24. The van der Waals surface area contributed by atoms with Gasteiger partial charge in [-0.25, -0.2) is 0 Å². The molecule has 0 saturated carbocycles. The Labute approximate surface area is 137 Å². The number of aliphatic hydroxyl groups is 2. The molecule has 118 valence electrons. The minimum absolute atomic E-state index is 0.489. The van der Waals surface area contributed by atoms with Crippen molar-refractivity contribution in [1.29, 1.82) is 0 Å². The summed E-state index contributed by atoms with van der Waals surface area (Å²) in [5, 5.41) is 22.1. The van der Waals surface area contributed by atoms with E-state index in [4.69, 9.17) is 0 Å². The van der Waals surface area contributed by atoms with Gasteiger partial charge in [-0.3, -0.25) is 0 Å². The Bertz CT molecular complexity index is 511. The first-order chi connectivity index (χ1) is 10.6. The number of unbranched alkanes of at least 4 members (excludes halogenated alkanes) is 1. The number of hydrogen-bond acceptors (Lipinski definition) is 2. The molecule has 0 saturated heterocycles. The Morgan fingerprint density at radius 3 is 1.59 bits per heavy atom. The number of aliphatic hydroxyl groups excluding tert-OH is 2. The van der Waals surface area contributed by atoms with Gasteiger partial charge in [0, 0.05) is 0 Å². The molecule has 0 radical (unpaired) electrons. The molecular formula is C19H26O2Sn. The van der Waals surface area contributed by atoms with E-state index >= 15 is 0 Å². The molecule has 2 N–H and O–H groups in total. The third-order valence-corrected chi connectivity index (χ3v) is 17.7. The fourth-order valence-electron chi connectivity index (χ4n) is 3.01. The van der Waals surface area contributed by atoms with Gasteiger partial charge < -0.3 is 0 Å². The van der Waals surface area contributed by atoms with Crippen molar-refractivity contribution in [3.63, 3.8) is 0 Å². The van der Waals surface area contributed by atoms with Crippen LogP contribution >= 0.6 is 0 Å². The van der Waals surface area contributed by atoms with Crippen LogP contribution in [0.25, 0.3) is 0 Å². The van der Waals surface area contributed by atoms with Gasteiger partial charge in [0.05, 0.1) is 0 Å². The molecule has 0 fully saturated rings. The van der Waals surface area contributed by atoms with Gasteiger partial charge in [-0.2, -0.15) is 0 Å². The van der Waals surface area contributed by atoms with Crippen LogP contribution in [0.2, 0.25) is 9.38 Å². The van der Waals surface area contributed by atoms with Crippen LogP contribution in [-0.4, -0.2) is 28.6 Å². The molecule has 0 heterocycles. The summed E-state index contributed by atoms with van der Waals surface area (Å²) < 4.78 is 0.00613. The third-order valence-electron chi connectivity index (χ3n) is 4.55. The van der Waals surface area contributed by atoms with Crippen LogP contribution in [0.3, 0.4) is 0 Å². The van der Waals surface area contributed by atoms with E-state index < -0.39 is 26.6 Å². The first kappa shape index (κ1) is 17.5. The zero-order chi connectivity index (χ0) is 16.0. The second-order valence-corrected chi connectivity index (χ2v) is 19.4. The predicted octanol–water partition coefficient (Wildman–Crippen LogP) is 4.41. The molecule has 0 amide bonds. The summed E-state index contributed by atoms with van der Waals surface area (Å²) in [6.07, 6.45) is 2.16. The second kappa shape index (κ2) is 8.14. The van der Waals surface area contributed by atoms with Crippen molar-refractivity contribution in [1.82, 2.24) is 0 Å². The van der Waals surface area contributed by atoms with E-state index in [-0.39, 0.29) is 0 Å². The van der Waals surface area contributed by atoms with Crippen LogP contribution in [0.15, 0.2) is 60.7 Å². The van der Waals surface area contributed by atoms with Crippen LogP contribution in [0.1, 0.15) is 39.1 Å². The Kier molecular flexibility index (Phi) is 6.48. The summed E-state index contributed by atoms with van der Waals surface area (Å²) in [6.45, 7) is 2.16. The van der Waals surface area contributed by atoms with Gasteiger partial charge >= 0.3 is 138 Å². The van der Waals surface area contributed by atoms with Crippen molar-refractivity contribution >= 4 is 18.4 Å². The summed E-state index contributed by atoms with van der Waals surface area (Å²) in [5.74, 6) is 0. The van der Waals surface area contributed by atoms with Crippen LogP contribution in [0.4, 0.5) is 0 Å². The quantitative estimate of drug-likeness (QED) is 0.671. The molecule has 2 aromatic rings. The molecule has 22 heavy (non-hydrogen) atoms. The fraction of sp³-hybridized carbons (Fsp3) is 0.368.